The molecule has 0 aliphatic heterocycles. The molecule has 1 aliphatic carbocycles. The van der Waals surface area contributed by atoms with Crippen molar-refractivity contribution in [3.8, 4) is 17.6 Å². The Morgan fingerprint density at radius 1 is 1.23 bits per heavy atom. The summed E-state index contributed by atoms with van der Waals surface area (Å²) >= 11 is 0. The normalized spacial score (nSPS) is 17.2. The molecule has 1 fully saturated rings. The Balaban J connectivity index is 1.66. The summed E-state index contributed by atoms with van der Waals surface area (Å²) in [7, 11) is 0. The molecular weight excluding hydrogens is 333 g/mol. The van der Waals surface area contributed by atoms with Crippen molar-refractivity contribution >= 4 is 11.7 Å². The van der Waals surface area contributed by atoms with Gasteiger partial charge in [-0.2, -0.15) is 5.26 Å². The fraction of sp³-hybridized carbons (Fsp3) is 0.350. The summed E-state index contributed by atoms with van der Waals surface area (Å²) in [6.07, 6.45) is 1.41. The van der Waals surface area contributed by atoms with Gasteiger partial charge in [-0.1, -0.05) is 27.7 Å². The number of benzene rings is 1. The average Bonchev–Trinajstić information content (AvgIpc) is 3.00. The Bertz CT molecular complexity index is 884. The molecule has 1 amide bonds. The lowest BCUT2D eigenvalue weighted by Gasteiger charge is -2.09. The first-order valence-electron chi connectivity index (χ1n) is 8.31. The lowest BCUT2D eigenvalue weighted by Crippen LogP contribution is -2.18. The Morgan fingerprint density at radius 2 is 1.92 bits per heavy atom. The van der Waals surface area contributed by atoms with Gasteiger partial charge in [-0.15, -0.1) is 0 Å². The molecule has 0 spiro atoms. The van der Waals surface area contributed by atoms with Crippen molar-refractivity contribution in [1.29, 1.82) is 5.26 Å². The number of nitrogens with one attached hydrogen (secondary N) is 1. The maximum Gasteiger partial charge on any atom is 0.229 e. The number of halogens is 1. The molecule has 1 aliphatic rings. The molecule has 26 heavy (non-hydrogen) atoms. The van der Waals surface area contributed by atoms with Crippen LogP contribution in [0.15, 0.2) is 36.5 Å². The number of pyridine rings is 1. The molecule has 0 unspecified atom stereocenters. The first kappa shape index (κ1) is 17.9. The molecule has 2 aromatic rings. The number of amides is 1. The zero-order valence-corrected chi connectivity index (χ0v) is 15.1. The molecule has 3 rings (SSSR count). The van der Waals surface area contributed by atoms with E-state index in [1.54, 1.807) is 12.1 Å². The van der Waals surface area contributed by atoms with Gasteiger partial charge in [0, 0.05) is 5.92 Å². The smallest absolute Gasteiger partial charge is 0.229 e. The van der Waals surface area contributed by atoms with Gasteiger partial charge in [0.25, 0.3) is 0 Å². The van der Waals surface area contributed by atoms with Gasteiger partial charge in [0.15, 0.2) is 11.6 Å². The summed E-state index contributed by atoms with van der Waals surface area (Å²) < 4.78 is 19.3. The zero-order chi connectivity index (χ0) is 19.1. The molecule has 1 aromatic carbocycles. The number of aromatic nitrogens is 1. The van der Waals surface area contributed by atoms with Gasteiger partial charge in [-0.05, 0) is 41.2 Å². The van der Waals surface area contributed by atoms with E-state index >= 15 is 0 Å². The average molecular weight is 353 g/mol. The van der Waals surface area contributed by atoms with E-state index in [2.05, 4.69) is 38.0 Å². The van der Waals surface area contributed by atoms with Crippen molar-refractivity contribution in [2.24, 2.45) is 16.7 Å². The van der Waals surface area contributed by atoms with Gasteiger partial charge in [0.2, 0.25) is 5.91 Å². The van der Waals surface area contributed by atoms with Crippen molar-refractivity contribution in [3.05, 3.63) is 47.9 Å². The molecule has 134 valence electrons. The third-order valence-corrected chi connectivity index (χ3v) is 5.56. The molecule has 0 radical (unpaired) electrons. The highest BCUT2D eigenvalue weighted by Gasteiger charge is 2.68. The fourth-order valence-electron chi connectivity index (χ4n) is 3.34. The molecule has 6 heteroatoms. The van der Waals surface area contributed by atoms with Crippen LogP contribution in [0.25, 0.3) is 0 Å². The van der Waals surface area contributed by atoms with E-state index in [4.69, 9.17) is 10.00 Å². The number of ether oxygens (including phenoxy) is 1. The maximum atomic E-state index is 13.9. The number of carbonyl (C=O) groups excluding carboxylic acids is 1. The van der Waals surface area contributed by atoms with Crippen LogP contribution in [0, 0.1) is 33.9 Å². The van der Waals surface area contributed by atoms with Gasteiger partial charge in [-0.3, -0.25) is 4.79 Å². The summed E-state index contributed by atoms with van der Waals surface area (Å²) in [4.78, 5) is 16.6. The van der Waals surface area contributed by atoms with Crippen LogP contribution >= 0.6 is 0 Å². The second-order valence-electron chi connectivity index (χ2n) is 7.60. The molecule has 1 saturated carbocycles. The van der Waals surface area contributed by atoms with Crippen LogP contribution in [0.3, 0.4) is 0 Å². The van der Waals surface area contributed by atoms with Crippen LogP contribution < -0.4 is 10.1 Å². The number of nitriles is 1. The number of hydrogen-bond donors (Lipinski definition) is 1. The van der Waals surface area contributed by atoms with Gasteiger partial charge in [-0.25, -0.2) is 9.37 Å². The molecule has 1 heterocycles. The van der Waals surface area contributed by atoms with Gasteiger partial charge < -0.3 is 10.1 Å². The topological polar surface area (TPSA) is 75.0 Å². The Morgan fingerprint density at radius 3 is 2.42 bits per heavy atom. The minimum atomic E-state index is -0.625. The highest BCUT2D eigenvalue weighted by Crippen LogP contribution is 2.68. The standard InChI is InChI=1S/C20H20FN3O2/c1-19(2)17(20(19,3)4)18(25)24-16-8-6-13(11-23-16)26-15-7-5-12(10-22)9-14(15)21/h5-9,11,17H,1-4H3,(H,23,24,25). The fourth-order valence-corrected chi connectivity index (χ4v) is 3.34. The van der Waals surface area contributed by atoms with Gasteiger partial charge in [0.05, 0.1) is 17.8 Å². The van der Waals surface area contributed by atoms with Crippen molar-refractivity contribution in [1.82, 2.24) is 4.98 Å². The van der Waals surface area contributed by atoms with E-state index in [0.29, 0.717) is 11.6 Å². The maximum absolute atomic E-state index is 13.9. The van der Waals surface area contributed by atoms with E-state index in [1.165, 1.54) is 18.3 Å². The lowest BCUT2D eigenvalue weighted by atomic mass is 10.0. The van der Waals surface area contributed by atoms with Crippen LogP contribution in [0.4, 0.5) is 10.2 Å². The Hall–Kier alpha value is -2.94. The highest BCUT2D eigenvalue weighted by atomic mass is 19.1. The minimum Gasteiger partial charge on any atom is -0.453 e. The van der Waals surface area contributed by atoms with Crippen LogP contribution in [0.1, 0.15) is 33.3 Å². The SMILES string of the molecule is CC1(C)C(C(=O)Nc2ccc(Oc3ccc(C#N)cc3F)cn2)C1(C)C. The number of nitrogens with zero attached hydrogens (tertiary/aromatic N) is 2. The van der Waals surface area contributed by atoms with E-state index in [0.717, 1.165) is 6.07 Å². The molecular formula is C20H20FN3O2. The van der Waals surface area contributed by atoms with E-state index in [-0.39, 0.29) is 34.0 Å². The largest absolute Gasteiger partial charge is 0.453 e. The minimum absolute atomic E-state index is 0.00376. The van der Waals surface area contributed by atoms with Crippen molar-refractivity contribution in [2.75, 3.05) is 5.32 Å². The van der Waals surface area contributed by atoms with Crippen molar-refractivity contribution in [2.45, 2.75) is 27.7 Å². The van der Waals surface area contributed by atoms with Crippen molar-refractivity contribution < 1.29 is 13.9 Å². The number of anilines is 1. The predicted octanol–water partition coefficient (Wildman–Crippen LogP) is 4.51. The second-order valence-corrected chi connectivity index (χ2v) is 7.60. The quantitative estimate of drug-likeness (QED) is 0.878. The number of carbonyl (C=O) groups is 1. The predicted molar refractivity (Wildman–Crippen MR) is 95.1 cm³/mol. The third kappa shape index (κ3) is 3.01. The van der Waals surface area contributed by atoms with Gasteiger partial charge >= 0.3 is 0 Å². The molecule has 0 saturated heterocycles. The zero-order valence-electron chi connectivity index (χ0n) is 15.1. The van der Waals surface area contributed by atoms with Crippen LogP contribution in [0.2, 0.25) is 0 Å². The lowest BCUT2D eigenvalue weighted by molar-refractivity contribution is -0.118. The Kier molecular flexibility index (Phi) is 4.19. The van der Waals surface area contributed by atoms with Crippen LogP contribution in [0.5, 0.6) is 11.5 Å². The molecule has 0 atom stereocenters. The van der Waals surface area contributed by atoms with Crippen LogP contribution in [-0.2, 0) is 4.79 Å². The molecule has 5 nitrogen and oxygen atoms in total. The summed E-state index contributed by atoms with van der Waals surface area (Å²) in [6, 6.07) is 9.04. The van der Waals surface area contributed by atoms with E-state index < -0.39 is 5.82 Å². The summed E-state index contributed by atoms with van der Waals surface area (Å²) in [5.74, 6) is 0.00306. The van der Waals surface area contributed by atoms with Crippen LogP contribution in [-0.4, -0.2) is 10.9 Å². The second kappa shape index (κ2) is 6.10. The Labute approximate surface area is 151 Å². The summed E-state index contributed by atoms with van der Waals surface area (Å²) in [6.45, 7) is 8.31. The highest BCUT2D eigenvalue weighted by molar-refractivity contribution is 5.95. The summed E-state index contributed by atoms with van der Waals surface area (Å²) in [5.41, 5.74) is 0.123. The first-order chi connectivity index (χ1) is 12.2. The molecule has 1 aromatic heterocycles. The van der Waals surface area contributed by atoms with E-state index in [9.17, 15) is 9.18 Å². The van der Waals surface area contributed by atoms with Gasteiger partial charge in [0.1, 0.15) is 11.6 Å². The third-order valence-electron chi connectivity index (χ3n) is 5.56. The molecule has 0 bridgehead atoms. The van der Waals surface area contributed by atoms with E-state index in [1.807, 2.05) is 6.07 Å². The summed E-state index contributed by atoms with van der Waals surface area (Å²) in [5, 5.41) is 11.6. The monoisotopic (exact) mass is 353 g/mol. The number of rotatable bonds is 4. The number of hydrogen-bond acceptors (Lipinski definition) is 4. The van der Waals surface area contributed by atoms with Crippen molar-refractivity contribution in [3.63, 3.8) is 0 Å². The molecule has 1 N–H and O–H groups in total. The first-order valence-corrected chi connectivity index (χ1v) is 8.31.